The maximum absolute atomic E-state index is 11.8. The first-order valence-corrected chi connectivity index (χ1v) is 7.69. The average Bonchev–Trinajstić information content (AvgIpc) is 2.27. The van der Waals surface area contributed by atoms with Crippen molar-refractivity contribution >= 4 is 21.6 Å². The molecule has 19 heavy (non-hydrogen) atoms. The van der Waals surface area contributed by atoms with Crippen molar-refractivity contribution in [3.63, 3.8) is 0 Å². The summed E-state index contributed by atoms with van der Waals surface area (Å²) in [4.78, 5) is 11.8. The summed E-state index contributed by atoms with van der Waals surface area (Å²) in [5.41, 5.74) is 0.822. The summed E-state index contributed by atoms with van der Waals surface area (Å²) in [5.74, 6) is -0.222. The fraction of sp³-hybridized carbons (Fsp3) is 0.462. The van der Waals surface area contributed by atoms with Gasteiger partial charge in [-0.15, -0.1) is 0 Å². The van der Waals surface area contributed by atoms with Crippen molar-refractivity contribution in [3.05, 3.63) is 29.8 Å². The molecule has 1 rings (SSSR count). The lowest BCUT2D eigenvalue weighted by Gasteiger charge is -2.12. The molecule has 0 aliphatic rings. The van der Waals surface area contributed by atoms with Crippen LogP contribution in [-0.4, -0.2) is 25.6 Å². The van der Waals surface area contributed by atoms with Crippen LogP contribution in [-0.2, 0) is 10.0 Å². The van der Waals surface area contributed by atoms with Gasteiger partial charge >= 0.3 is 0 Å². The Morgan fingerprint density at radius 1 is 1.16 bits per heavy atom. The van der Waals surface area contributed by atoms with E-state index in [9.17, 15) is 13.2 Å². The van der Waals surface area contributed by atoms with Gasteiger partial charge in [-0.05, 0) is 45.9 Å². The van der Waals surface area contributed by atoms with Crippen LogP contribution in [0.25, 0.3) is 0 Å². The summed E-state index contributed by atoms with van der Waals surface area (Å²) < 4.78 is 26.0. The van der Waals surface area contributed by atoms with E-state index in [-0.39, 0.29) is 11.9 Å². The van der Waals surface area contributed by atoms with Gasteiger partial charge in [0.25, 0.3) is 5.91 Å². The van der Waals surface area contributed by atoms with Crippen LogP contribution >= 0.6 is 0 Å². The third-order valence-electron chi connectivity index (χ3n) is 2.43. The quantitative estimate of drug-likeness (QED) is 0.868. The van der Waals surface area contributed by atoms with E-state index in [2.05, 4.69) is 10.0 Å². The topological polar surface area (TPSA) is 75.3 Å². The predicted molar refractivity (Wildman–Crippen MR) is 76.7 cm³/mol. The summed E-state index contributed by atoms with van der Waals surface area (Å²) >= 11 is 0. The van der Waals surface area contributed by atoms with E-state index in [1.54, 1.807) is 32.0 Å². The maximum atomic E-state index is 11.8. The SMILES string of the molecule is CC(C)NC(=O)c1cccc(NS(=O)(=O)C(C)C)c1. The maximum Gasteiger partial charge on any atom is 0.251 e. The number of nitrogens with one attached hydrogen (secondary N) is 2. The highest BCUT2D eigenvalue weighted by molar-refractivity contribution is 7.93. The van der Waals surface area contributed by atoms with Gasteiger partial charge in [0.05, 0.1) is 5.25 Å². The summed E-state index contributed by atoms with van der Waals surface area (Å²) in [5, 5.41) is 2.23. The van der Waals surface area contributed by atoms with E-state index in [0.717, 1.165) is 0 Å². The van der Waals surface area contributed by atoms with Gasteiger partial charge in [0.15, 0.2) is 0 Å². The zero-order valence-corrected chi connectivity index (χ0v) is 12.4. The molecule has 0 aromatic heterocycles. The first kappa shape index (κ1) is 15.5. The fourth-order valence-corrected chi connectivity index (χ4v) is 2.04. The lowest BCUT2D eigenvalue weighted by atomic mass is 10.2. The molecule has 0 spiro atoms. The van der Waals surface area contributed by atoms with Crippen LogP contribution in [0.5, 0.6) is 0 Å². The largest absolute Gasteiger partial charge is 0.350 e. The second-order valence-electron chi connectivity index (χ2n) is 4.90. The summed E-state index contributed by atoms with van der Waals surface area (Å²) in [6.45, 7) is 6.92. The molecule has 0 bridgehead atoms. The average molecular weight is 284 g/mol. The first-order valence-electron chi connectivity index (χ1n) is 6.15. The van der Waals surface area contributed by atoms with Crippen LogP contribution in [0.4, 0.5) is 5.69 Å². The lowest BCUT2D eigenvalue weighted by molar-refractivity contribution is 0.0943. The molecule has 0 saturated heterocycles. The van der Waals surface area contributed by atoms with E-state index in [1.807, 2.05) is 13.8 Å². The molecule has 5 nitrogen and oxygen atoms in total. The fourth-order valence-electron chi connectivity index (χ4n) is 1.35. The number of rotatable bonds is 5. The minimum Gasteiger partial charge on any atom is -0.350 e. The third kappa shape index (κ3) is 4.55. The molecule has 2 N–H and O–H groups in total. The molecule has 0 fully saturated rings. The van der Waals surface area contributed by atoms with E-state index < -0.39 is 15.3 Å². The van der Waals surface area contributed by atoms with Crippen LogP contribution in [0.15, 0.2) is 24.3 Å². The number of hydrogen-bond donors (Lipinski definition) is 2. The molecule has 0 aliphatic heterocycles. The second-order valence-corrected chi connectivity index (χ2v) is 7.14. The molecule has 0 radical (unpaired) electrons. The van der Waals surface area contributed by atoms with Gasteiger partial charge in [0.1, 0.15) is 0 Å². The second kappa shape index (κ2) is 6.06. The van der Waals surface area contributed by atoms with E-state index in [1.165, 1.54) is 6.07 Å². The Labute approximate surface area is 114 Å². The molecule has 0 heterocycles. The van der Waals surface area contributed by atoms with Crippen LogP contribution < -0.4 is 10.0 Å². The van der Waals surface area contributed by atoms with Crippen molar-refractivity contribution in [3.8, 4) is 0 Å². The van der Waals surface area contributed by atoms with Gasteiger partial charge in [-0.25, -0.2) is 8.42 Å². The number of hydrogen-bond acceptors (Lipinski definition) is 3. The molecule has 1 amide bonds. The van der Waals surface area contributed by atoms with Crippen LogP contribution in [0.1, 0.15) is 38.1 Å². The van der Waals surface area contributed by atoms with Crippen molar-refractivity contribution < 1.29 is 13.2 Å². The molecule has 106 valence electrons. The van der Waals surface area contributed by atoms with Crippen molar-refractivity contribution in [1.29, 1.82) is 0 Å². The standard InChI is InChI=1S/C13H20N2O3S/c1-9(2)14-13(16)11-6-5-7-12(8-11)15-19(17,18)10(3)4/h5-10,15H,1-4H3,(H,14,16). The number of carbonyl (C=O) groups excluding carboxylic acids is 1. The van der Waals surface area contributed by atoms with Crippen molar-refractivity contribution in [2.24, 2.45) is 0 Å². The highest BCUT2D eigenvalue weighted by atomic mass is 32.2. The summed E-state index contributed by atoms with van der Waals surface area (Å²) in [6, 6.07) is 6.46. The highest BCUT2D eigenvalue weighted by Crippen LogP contribution is 2.14. The zero-order chi connectivity index (χ0) is 14.6. The number of anilines is 1. The van der Waals surface area contributed by atoms with Gasteiger partial charge in [0, 0.05) is 17.3 Å². The van der Waals surface area contributed by atoms with Crippen LogP contribution in [0.3, 0.4) is 0 Å². The predicted octanol–water partition coefficient (Wildman–Crippen LogP) is 1.97. The Hall–Kier alpha value is -1.56. The molecule has 0 unspecified atom stereocenters. The Balaban J connectivity index is 2.92. The van der Waals surface area contributed by atoms with Crippen molar-refractivity contribution in [1.82, 2.24) is 5.32 Å². The molecule has 1 aromatic rings. The molecule has 6 heteroatoms. The monoisotopic (exact) mass is 284 g/mol. The molecule has 0 atom stereocenters. The highest BCUT2D eigenvalue weighted by Gasteiger charge is 2.16. The minimum atomic E-state index is -3.40. The lowest BCUT2D eigenvalue weighted by Crippen LogP contribution is -2.30. The Kier molecular flexibility index (Phi) is 4.94. The van der Waals surface area contributed by atoms with E-state index in [4.69, 9.17) is 0 Å². The van der Waals surface area contributed by atoms with E-state index >= 15 is 0 Å². The van der Waals surface area contributed by atoms with Gasteiger partial charge in [-0.3, -0.25) is 9.52 Å². The normalized spacial score (nSPS) is 11.7. The molecule has 0 aliphatic carbocycles. The Bertz CT molecular complexity index is 551. The van der Waals surface area contributed by atoms with Gasteiger partial charge in [0.2, 0.25) is 10.0 Å². The minimum absolute atomic E-state index is 0.0310. The molecule has 1 aromatic carbocycles. The molecule has 0 saturated carbocycles. The summed E-state index contributed by atoms with van der Waals surface area (Å²) in [6.07, 6.45) is 0. The number of carbonyl (C=O) groups is 1. The van der Waals surface area contributed by atoms with Crippen LogP contribution in [0.2, 0.25) is 0 Å². The van der Waals surface area contributed by atoms with E-state index in [0.29, 0.717) is 11.3 Å². The van der Waals surface area contributed by atoms with Crippen molar-refractivity contribution in [2.75, 3.05) is 4.72 Å². The third-order valence-corrected chi connectivity index (χ3v) is 4.19. The number of benzene rings is 1. The summed E-state index contributed by atoms with van der Waals surface area (Å²) in [7, 11) is -3.40. The molecular formula is C13H20N2O3S. The zero-order valence-electron chi connectivity index (χ0n) is 11.6. The van der Waals surface area contributed by atoms with Crippen LogP contribution in [0, 0.1) is 0 Å². The Morgan fingerprint density at radius 2 is 1.79 bits per heavy atom. The number of amides is 1. The Morgan fingerprint density at radius 3 is 2.32 bits per heavy atom. The van der Waals surface area contributed by atoms with Gasteiger partial charge < -0.3 is 5.32 Å². The molecular weight excluding hydrogens is 264 g/mol. The van der Waals surface area contributed by atoms with Gasteiger partial charge in [-0.1, -0.05) is 6.07 Å². The first-order chi connectivity index (χ1) is 8.72. The smallest absolute Gasteiger partial charge is 0.251 e. The van der Waals surface area contributed by atoms with Gasteiger partial charge in [-0.2, -0.15) is 0 Å². The number of sulfonamides is 1. The van der Waals surface area contributed by atoms with Crippen molar-refractivity contribution in [2.45, 2.75) is 39.0 Å².